The lowest BCUT2D eigenvalue weighted by Gasteiger charge is -2.34. The SMILES string of the molecule is CC(C)(C)C1CCc2c(sc(NC(=O)c3ccc(Br)cc3)c2C(=O)N2CCC(C(N)=O)CC2)C1. The van der Waals surface area contributed by atoms with E-state index in [0.29, 0.717) is 48.0 Å². The second-order valence-electron chi connectivity index (χ2n) is 10.4. The quantitative estimate of drug-likeness (QED) is 0.549. The van der Waals surface area contributed by atoms with Crippen LogP contribution in [0, 0.1) is 17.3 Å². The van der Waals surface area contributed by atoms with Gasteiger partial charge in [-0.1, -0.05) is 36.7 Å². The van der Waals surface area contributed by atoms with Gasteiger partial charge in [0.2, 0.25) is 5.91 Å². The van der Waals surface area contributed by atoms with Crippen LogP contribution in [-0.2, 0) is 17.6 Å². The van der Waals surface area contributed by atoms with Gasteiger partial charge in [0, 0.05) is 33.9 Å². The lowest BCUT2D eigenvalue weighted by Crippen LogP contribution is -2.42. The Balaban J connectivity index is 1.64. The van der Waals surface area contributed by atoms with E-state index in [4.69, 9.17) is 5.73 Å². The smallest absolute Gasteiger partial charge is 0.257 e. The Hall–Kier alpha value is -2.19. The van der Waals surface area contributed by atoms with Crippen LogP contribution in [0.1, 0.15) is 71.2 Å². The van der Waals surface area contributed by atoms with Gasteiger partial charge < -0.3 is 16.0 Å². The summed E-state index contributed by atoms with van der Waals surface area (Å²) in [5, 5.41) is 3.68. The molecule has 0 bridgehead atoms. The normalized spacial score (nSPS) is 18.9. The van der Waals surface area contributed by atoms with Crippen LogP contribution in [0.15, 0.2) is 28.7 Å². The van der Waals surface area contributed by atoms with Crippen molar-refractivity contribution in [3.63, 3.8) is 0 Å². The van der Waals surface area contributed by atoms with E-state index in [1.54, 1.807) is 23.5 Å². The Morgan fingerprint density at radius 3 is 2.32 bits per heavy atom. The second kappa shape index (κ2) is 9.82. The summed E-state index contributed by atoms with van der Waals surface area (Å²) in [5.74, 6) is -0.219. The molecule has 4 rings (SSSR count). The van der Waals surface area contributed by atoms with E-state index in [-0.39, 0.29) is 29.1 Å². The van der Waals surface area contributed by atoms with Crippen LogP contribution in [0.4, 0.5) is 5.00 Å². The van der Waals surface area contributed by atoms with Crippen molar-refractivity contribution in [2.45, 2.75) is 52.9 Å². The fourth-order valence-electron chi connectivity index (χ4n) is 4.94. The summed E-state index contributed by atoms with van der Waals surface area (Å²) in [6.07, 6.45) is 3.94. The van der Waals surface area contributed by atoms with Gasteiger partial charge in [-0.2, -0.15) is 0 Å². The summed E-state index contributed by atoms with van der Waals surface area (Å²) in [6.45, 7) is 7.80. The Morgan fingerprint density at radius 2 is 1.74 bits per heavy atom. The minimum atomic E-state index is -0.296. The highest BCUT2D eigenvalue weighted by Gasteiger charge is 2.36. The number of nitrogens with two attached hydrogens (primary N) is 1. The minimum absolute atomic E-state index is 0.0549. The van der Waals surface area contributed by atoms with Crippen molar-refractivity contribution < 1.29 is 14.4 Å². The number of thiophene rings is 1. The fraction of sp³-hybridized carbons (Fsp3) is 0.500. The first-order valence-corrected chi connectivity index (χ1v) is 13.5. The number of anilines is 1. The molecule has 2 heterocycles. The van der Waals surface area contributed by atoms with Crippen molar-refractivity contribution >= 4 is 50.0 Å². The number of hydrogen-bond donors (Lipinski definition) is 2. The van der Waals surface area contributed by atoms with E-state index in [0.717, 1.165) is 29.3 Å². The number of piperidine rings is 1. The zero-order valence-corrected chi connectivity index (χ0v) is 22.4. The topological polar surface area (TPSA) is 92.5 Å². The van der Waals surface area contributed by atoms with Crippen molar-refractivity contribution in [3.05, 3.63) is 50.3 Å². The average Bonchev–Trinajstić information content (AvgIpc) is 3.15. The van der Waals surface area contributed by atoms with E-state index >= 15 is 0 Å². The van der Waals surface area contributed by atoms with Gasteiger partial charge in [0.1, 0.15) is 5.00 Å². The van der Waals surface area contributed by atoms with Crippen molar-refractivity contribution in [1.29, 1.82) is 0 Å². The molecule has 1 aromatic carbocycles. The molecule has 8 heteroatoms. The summed E-state index contributed by atoms with van der Waals surface area (Å²) in [4.78, 5) is 41.3. The lowest BCUT2D eigenvalue weighted by atomic mass is 9.72. The van der Waals surface area contributed by atoms with Gasteiger partial charge in [0.25, 0.3) is 11.8 Å². The number of nitrogens with zero attached hydrogens (tertiary/aromatic N) is 1. The summed E-state index contributed by atoms with van der Waals surface area (Å²) in [5.41, 5.74) is 7.92. The third kappa shape index (κ3) is 5.23. The molecular formula is C26H32BrN3O3S. The first kappa shape index (κ1) is 24.9. The molecule has 2 aliphatic rings. The monoisotopic (exact) mass is 545 g/mol. The third-order valence-corrected chi connectivity index (χ3v) is 8.92. The van der Waals surface area contributed by atoms with E-state index in [1.165, 1.54) is 4.88 Å². The number of carbonyl (C=O) groups is 3. The molecule has 1 aromatic heterocycles. The maximum Gasteiger partial charge on any atom is 0.257 e. The molecule has 1 aliphatic heterocycles. The van der Waals surface area contributed by atoms with Gasteiger partial charge in [-0.25, -0.2) is 0 Å². The molecule has 0 spiro atoms. The number of amides is 3. The van der Waals surface area contributed by atoms with Crippen molar-refractivity contribution in [2.75, 3.05) is 18.4 Å². The molecule has 1 fully saturated rings. The van der Waals surface area contributed by atoms with Crippen molar-refractivity contribution in [3.8, 4) is 0 Å². The molecule has 6 nitrogen and oxygen atoms in total. The van der Waals surface area contributed by atoms with Crippen molar-refractivity contribution in [1.82, 2.24) is 4.90 Å². The fourth-order valence-corrected chi connectivity index (χ4v) is 6.52. The zero-order chi connectivity index (χ0) is 24.6. The maximum absolute atomic E-state index is 13.7. The minimum Gasteiger partial charge on any atom is -0.369 e. The van der Waals surface area contributed by atoms with E-state index < -0.39 is 0 Å². The molecule has 1 unspecified atom stereocenters. The number of hydrogen-bond acceptors (Lipinski definition) is 4. The summed E-state index contributed by atoms with van der Waals surface area (Å²) in [7, 11) is 0. The van der Waals surface area contributed by atoms with E-state index in [2.05, 4.69) is 42.0 Å². The highest BCUT2D eigenvalue weighted by Crippen LogP contribution is 2.45. The third-order valence-electron chi connectivity index (χ3n) is 7.22. The Labute approximate surface area is 213 Å². The first-order chi connectivity index (χ1) is 16.0. The lowest BCUT2D eigenvalue weighted by molar-refractivity contribution is -0.123. The highest BCUT2D eigenvalue weighted by molar-refractivity contribution is 9.10. The number of halogens is 1. The van der Waals surface area contributed by atoms with Crippen LogP contribution in [0.2, 0.25) is 0 Å². The number of benzene rings is 1. The maximum atomic E-state index is 13.7. The molecular weight excluding hydrogens is 514 g/mol. The number of rotatable bonds is 4. The number of likely N-dealkylation sites (tertiary alicyclic amines) is 1. The number of nitrogens with one attached hydrogen (secondary N) is 1. The molecule has 3 N–H and O–H groups in total. The number of primary amides is 1. The summed E-state index contributed by atoms with van der Waals surface area (Å²) < 4.78 is 0.902. The zero-order valence-electron chi connectivity index (χ0n) is 19.9. The van der Waals surface area contributed by atoms with E-state index in [1.807, 2.05) is 17.0 Å². The van der Waals surface area contributed by atoms with Crippen LogP contribution in [0.25, 0.3) is 0 Å². The van der Waals surface area contributed by atoms with Gasteiger partial charge in [0.05, 0.1) is 5.56 Å². The Bertz CT molecular complexity index is 1100. The second-order valence-corrected chi connectivity index (χ2v) is 12.5. The molecule has 34 heavy (non-hydrogen) atoms. The molecule has 2 aromatic rings. The number of carbonyl (C=O) groups excluding carboxylic acids is 3. The van der Waals surface area contributed by atoms with Gasteiger partial charge in [-0.05, 0) is 73.3 Å². The molecule has 1 atom stereocenters. The molecule has 0 saturated carbocycles. The Morgan fingerprint density at radius 1 is 1.09 bits per heavy atom. The summed E-state index contributed by atoms with van der Waals surface area (Å²) >= 11 is 4.94. The predicted molar refractivity (Wildman–Crippen MR) is 139 cm³/mol. The van der Waals surface area contributed by atoms with Gasteiger partial charge in [0.15, 0.2) is 0 Å². The molecule has 1 aliphatic carbocycles. The molecule has 182 valence electrons. The van der Waals surface area contributed by atoms with Crippen LogP contribution in [0.5, 0.6) is 0 Å². The Kier molecular flexibility index (Phi) is 7.20. The summed E-state index contributed by atoms with van der Waals surface area (Å²) in [6, 6.07) is 7.19. The van der Waals surface area contributed by atoms with Crippen LogP contribution >= 0.6 is 27.3 Å². The van der Waals surface area contributed by atoms with Crippen LogP contribution in [0.3, 0.4) is 0 Å². The standard InChI is InChI=1S/C26H32BrN3O3S/c1-26(2,3)17-6-9-19-20(14-17)34-24(29-23(32)16-4-7-18(27)8-5-16)21(19)25(33)30-12-10-15(11-13-30)22(28)31/h4-5,7-8,15,17H,6,9-14H2,1-3H3,(H2,28,31)(H,29,32). The first-order valence-electron chi connectivity index (χ1n) is 11.8. The van der Waals surface area contributed by atoms with Gasteiger partial charge in [-0.15, -0.1) is 11.3 Å². The van der Waals surface area contributed by atoms with Crippen molar-refractivity contribution in [2.24, 2.45) is 23.0 Å². The van der Waals surface area contributed by atoms with Gasteiger partial charge in [-0.3, -0.25) is 14.4 Å². The highest BCUT2D eigenvalue weighted by atomic mass is 79.9. The van der Waals surface area contributed by atoms with Crippen LogP contribution in [-0.4, -0.2) is 35.7 Å². The molecule has 0 radical (unpaired) electrons. The van der Waals surface area contributed by atoms with E-state index in [9.17, 15) is 14.4 Å². The molecule has 3 amide bonds. The molecule has 1 saturated heterocycles. The van der Waals surface area contributed by atoms with Crippen LogP contribution < -0.4 is 11.1 Å². The number of fused-ring (bicyclic) bond motifs is 1. The van der Waals surface area contributed by atoms with Gasteiger partial charge >= 0.3 is 0 Å². The largest absolute Gasteiger partial charge is 0.369 e. The predicted octanol–water partition coefficient (Wildman–Crippen LogP) is 5.25. The average molecular weight is 547 g/mol.